The van der Waals surface area contributed by atoms with Crippen molar-refractivity contribution in [1.29, 1.82) is 0 Å². The molecule has 0 aliphatic heterocycles. The van der Waals surface area contributed by atoms with Crippen molar-refractivity contribution in [2.24, 2.45) is 0 Å². The van der Waals surface area contributed by atoms with Crippen molar-refractivity contribution >= 4 is 11.4 Å². The van der Waals surface area contributed by atoms with E-state index < -0.39 is 76.7 Å². The molecule has 3 nitrogen and oxygen atoms in total. The van der Waals surface area contributed by atoms with E-state index in [0.29, 0.717) is 0 Å². The van der Waals surface area contributed by atoms with Crippen LogP contribution in [0.5, 0.6) is 0 Å². The van der Waals surface area contributed by atoms with Crippen LogP contribution in [0.2, 0.25) is 0 Å². The van der Waals surface area contributed by atoms with Gasteiger partial charge < -0.3 is 10.1 Å². The summed E-state index contributed by atoms with van der Waals surface area (Å²) >= 11 is 0. The zero-order valence-corrected chi connectivity index (χ0v) is 19.3. The van der Waals surface area contributed by atoms with Gasteiger partial charge >= 0.3 is 42.1 Å². The Hall–Kier alpha value is -2.44. The first-order valence-electron chi connectivity index (χ1n) is 8.42. The number of aromatic nitrogens is 1. The molecule has 0 atom stereocenters. The smallest absolute Gasteiger partial charge is 0.504 e. The van der Waals surface area contributed by atoms with Crippen molar-refractivity contribution in [2.75, 3.05) is 0 Å². The predicted molar refractivity (Wildman–Crippen MR) is 85.4 cm³/mol. The quantitative estimate of drug-likeness (QED) is 0.117. The molecule has 1 aromatic rings. The minimum atomic E-state index is -6.58. The maximum atomic E-state index is 13.6. The molecule has 0 amide bonds. The van der Waals surface area contributed by atoms with Crippen molar-refractivity contribution in [2.45, 2.75) is 42.2 Å². The van der Waals surface area contributed by atoms with Crippen LogP contribution in [-0.2, 0) is 26.3 Å². The summed E-state index contributed by atoms with van der Waals surface area (Å²) in [5.41, 5.74) is -5.90. The van der Waals surface area contributed by atoms with Gasteiger partial charge in [0, 0.05) is 31.9 Å². The van der Waals surface area contributed by atoms with E-state index in [9.17, 15) is 74.6 Å². The summed E-state index contributed by atoms with van der Waals surface area (Å²) in [5, 5.41) is 7.97. The fourth-order valence-corrected chi connectivity index (χ4v) is 2.13. The van der Waals surface area contributed by atoms with E-state index in [1.807, 2.05) is 0 Å². The molecule has 1 heterocycles. The van der Waals surface area contributed by atoms with Crippen molar-refractivity contribution in [3.63, 3.8) is 0 Å². The summed E-state index contributed by atoms with van der Waals surface area (Å²) in [6.45, 7) is 0. The monoisotopic (exact) mass is 772 g/mol. The number of hydrogen-bond acceptors (Lipinski definition) is 2. The molecule has 0 aromatic carbocycles. The number of allylic oxidation sites excluding steroid dienone is 4. The van der Waals surface area contributed by atoms with E-state index in [2.05, 4.69) is 4.98 Å². The number of alkyl halides is 17. The molecule has 2 N–H and O–H groups in total. The van der Waals surface area contributed by atoms with Crippen molar-refractivity contribution in [3.8, 4) is 0 Å². The first-order valence-corrected chi connectivity index (χ1v) is 8.42. The average Bonchev–Trinajstić information content (AvgIpc) is 2.69. The van der Waals surface area contributed by atoms with Gasteiger partial charge in [-0.15, -0.1) is 11.6 Å². The SMILES string of the molecule is FC(F)(F)c1ccnc(C2=[C-]C(F)(F)C(F)(F)C(F)(F)C2(F)F)c1.O/C(=C\C(=[OH+])C(F)(F)F)C(F)(F)F.[Ir]. The Bertz CT molecular complexity index is 1080. The number of hydrogen-bond donors (Lipinski definition) is 1. The van der Waals surface area contributed by atoms with E-state index in [1.54, 1.807) is 0 Å². The van der Waals surface area contributed by atoms with Gasteiger partial charge in [-0.3, -0.25) is 4.79 Å². The van der Waals surface area contributed by atoms with E-state index in [0.717, 1.165) is 0 Å². The fraction of sp³-hybridized carbons (Fsp3) is 0.412. The summed E-state index contributed by atoms with van der Waals surface area (Å²) in [4.78, 5) is 10.8. The first kappa shape index (κ1) is 35.6. The summed E-state index contributed by atoms with van der Waals surface area (Å²) in [5.74, 6) is -29.9. The van der Waals surface area contributed by atoms with E-state index in [1.165, 1.54) is 0 Å². The normalized spacial score (nSPS) is 20.3. The Morgan fingerprint density at radius 2 is 1.32 bits per heavy atom. The van der Waals surface area contributed by atoms with E-state index in [4.69, 9.17) is 9.90 Å². The maximum absolute atomic E-state index is 13.6. The van der Waals surface area contributed by atoms with Crippen LogP contribution in [0, 0.1) is 6.08 Å². The second-order valence-corrected chi connectivity index (χ2v) is 6.64. The second-order valence-electron chi connectivity index (χ2n) is 6.64. The summed E-state index contributed by atoms with van der Waals surface area (Å²) < 4.78 is 212. The van der Waals surface area contributed by atoms with Crippen LogP contribution in [0.3, 0.4) is 0 Å². The van der Waals surface area contributed by atoms with Crippen molar-refractivity contribution in [3.05, 3.63) is 47.5 Å². The molecule has 0 unspecified atom stereocenters. The van der Waals surface area contributed by atoms with Crippen LogP contribution in [0.15, 0.2) is 30.2 Å². The largest absolute Gasteiger partial charge is 0.509 e. The molecular formula is C17H6F17IrNO2. The molecule has 0 spiro atoms. The zero-order chi connectivity index (χ0) is 29.6. The van der Waals surface area contributed by atoms with Gasteiger partial charge in [0.1, 0.15) is 0 Å². The Morgan fingerprint density at radius 3 is 1.71 bits per heavy atom. The number of nitrogens with zero attached hydrogens (tertiary/aromatic N) is 1. The first-order chi connectivity index (χ1) is 16.1. The van der Waals surface area contributed by atoms with Crippen LogP contribution < -0.4 is 0 Å². The number of ketones is 1. The van der Waals surface area contributed by atoms with Gasteiger partial charge in [-0.25, -0.2) is 8.78 Å². The maximum Gasteiger partial charge on any atom is 0.509 e. The predicted octanol–water partition coefficient (Wildman–Crippen LogP) is 6.94. The third-order valence-electron chi connectivity index (χ3n) is 3.98. The molecule has 2 rings (SSSR count). The molecule has 0 saturated carbocycles. The Balaban J connectivity index is 0.000000838. The van der Waals surface area contributed by atoms with Gasteiger partial charge in [0.15, 0.2) is 0 Å². The molecule has 1 radical (unpaired) electrons. The van der Waals surface area contributed by atoms with Gasteiger partial charge in [0.2, 0.25) is 5.76 Å². The van der Waals surface area contributed by atoms with Gasteiger partial charge in [-0.1, -0.05) is 5.69 Å². The minimum Gasteiger partial charge on any atom is -0.504 e. The number of aliphatic hydroxyl groups excluding tert-OH is 1. The molecule has 219 valence electrons. The molecule has 1 aliphatic carbocycles. The number of rotatable bonds is 2. The Labute approximate surface area is 211 Å². The fourth-order valence-electron chi connectivity index (χ4n) is 2.13. The molecule has 0 fully saturated rings. The van der Waals surface area contributed by atoms with Crippen LogP contribution in [0.4, 0.5) is 74.6 Å². The summed E-state index contributed by atoms with van der Waals surface area (Å²) in [7, 11) is 0. The van der Waals surface area contributed by atoms with Crippen LogP contribution in [0.25, 0.3) is 5.57 Å². The zero-order valence-electron chi connectivity index (χ0n) is 16.9. The van der Waals surface area contributed by atoms with Crippen molar-refractivity contribution < 1.29 is 105 Å². The topological polar surface area (TPSA) is 54.5 Å². The number of aliphatic hydroxyl groups is 1. The van der Waals surface area contributed by atoms with Gasteiger partial charge in [-0.05, 0) is 6.07 Å². The second kappa shape index (κ2) is 10.6. The molecule has 1 aromatic heterocycles. The third kappa shape index (κ3) is 6.95. The number of pyridine rings is 1. The Morgan fingerprint density at radius 1 is 0.842 bits per heavy atom. The summed E-state index contributed by atoms with van der Waals surface area (Å²) in [6, 6.07) is 0.00177. The molecule has 0 bridgehead atoms. The van der Waals surface area contributed by atoms with Gasteiger partial charge in [0.05, 0.1) is 6.08 Å². The summed E-state index contributed by atoms with van der Waals surface area (Å²) in [6.07, 6.45) is -16.1. The molecule has 38 heavy (non-hydrogen) atoms. The molecular weight excluding hydrogens is 765 g/mol. The van der Waals surface area contributed by atoms with Crippen LogP contribution in [0.1, 0.15) is 11.3 Å². The average molecular weight is 771 g/mol. The van der Waals surface area contributed by atoms with E-state index in [-0.39, 0.29) is 44.5 Å². The van der Waals surface area contributed by atoms with Gasteiger partial charge in [0.25, 0.3) is 5.92 Å². The minimum absolute atomic E-state index is 0. The number of carbonyl (C=O) groups excluding carboxylic acids is 1. The molecule has 1 aliphatic rings. The third-order valence-corrected chi connectivity index (χ3v) is 3.98. The Kier molecular flexibility index (Phi) is 9.93. The van der Waals surface area contributed by atoms with E-state index >= 15 is 0 Å². The standard InChI is InChI=1S/C12H3F11N.C5H2F6O2.Ir/c13-8(14)4-6(9(15,16)12(22,23)11(8,20)21)7-3-5(1-2-24-7)10(17,18)19;6-4(7,8)2(12)1-3(13)5(9,10)11;/h1-3H;1,12H;/q-1;;/p+1/b;2-1-;. The van der Waals surface area contributed by atoms with Crippen LogP contribution >= 0.6 is 0 Å². The van der Waals surface area contributed by atoms with Gasteiger partial charge in [-0.2, -0.15) is 71.9 Å². The van der Waals surface area contributed by atoms with Crippen molar-refractivity contribution in [1.82, 2.24) is 4.98 Å². The van der Waals surface area contributed by atoms with Crippen LogP contribution in [-0.4, -0.2) is 56.7 Å². The number of halogens is 17. The molecule has 0 saturated heterocycles. The molecule has 21 heteroatoms.